The maximum atomic E-state index is 11.1. The van der Waals surface area contributed by atoms with Crippen molar-refractivity contribution in [3.05, 3.63) is 35.9 Å². The highest BCUT2D eigenvalue weighted by atomic mass is 16.5. The lowest BCUT2D eigenvalue weighted by molar-refractivity contribution is -0.143. The first-order chi connectivity index (χ1) is 9.24. The Bertz CT molecular complexity index is 390. The molecule has 0 saturated heterocycles. The lowest BCUT2D eigenvalue weighted by Crippen LogP contribution is -2.27. The standard InChI is InChI=1S/C15H21NO3/c17-14(15(18)16-19)12-8-3-1-2-5-9-13-10-6-4-7-11-13/h4,6-7,10-11,19H,1-3,5,8-9,12H2,(H,16,18). The SMILES string of the molecule is O=C(CCCCCCCc1ccccc1)C(=O)NO. The molecule has 0 spiro atoms. The molecule has 4 nitrogen and oxygen atoms in total. The molecular weight excluding hydrogens is 242 g/mol. The molecule has 0 radical (unpaired) electrons. The fourth-order valence-corrected chi connectivity index (χ4v) is 1.97. The molecule has 1 aromatic carbocycles. The van der Waals surface area contributed by atoms with E-state index >= 15 is 0 Å². The van der Waals surface area contributed by atoms with Gasteiger partial charge in [-0.3, -0.25) is 14.8 Å². The molecule has 104 valence electrons. The predicted octanol–water partition coefficient (Wildman–Crippen LogP) is 2.64. The number of carbonyl (C=O) groups excluding carboxylic acids is 2. The number of ketones is 1. The Hall–Kier alpha value is -1.68. The van der Waals surface area contributed by atoms with Crippen LogP contribution >= 0.6 is 0 Å². The second-order valence-electron chi connectivity index (χ2n) is 4.62. The third-order valence-corrected chi connectivity index (χ3v) is 3.07. The van der Waals surface area contributed by atoms with Gasteiger partial charge < -0.3 is 0 Å². The number of amides is 1. The van der Waals surface area contributed by atoms with Crippen molar-refractivity contribution in [3.8, 4) is 0 Å². The second kappa shape index (κ2) is 9.28. The van der Waals surface area contributed by atoms with Crippen molar-refractivity contribution in [1.82, 2.24) is 5.48 Å². The zero-order chi connectivity index (χ0) is 13.9. The molecule has 0 atom stereocenters. The van der Waals surface area contributed by atoms with Crippen LogP contribution in [0, 0.1) is 0 Å². The molecule has 0 heterocycles. The Balaban J connectivity index is 1.97. The highest BCUT2D eigenvalue weighted by Crippen LogP contribution is 2.09. The van der Waals surface area contributed by atoms with E-state index in [2.05, 4.69) is 12.1 Å². The van der Waals surface area contributed by atoms with Crippen LogP contribution in [0.2, 0.25) is 0 Å². The van der Waals surface area contributed by atoms with E-state index in [1.54, 1.807) is 0 Å². The summed E-state index contributed by atoms with van der Waals surface area (Å²) >= 11 is 0. The van der Waals surface area contributed by atoms with E-state index in [0.717, 1.165) is 32.1 Å². The number of benzene rings is 1. The molecule has 0 fully saturated rings. The Kier molecular flexibility index (Phi) is 7.51. The first-order valence-electron chi connectivity index (χ1n) is 6.75. The van der Waals surface area contributed by atoms with Gasteiger partial charge in [-0.2, -0.15) is 0 Å². The predicted molar refractivity (Wildman–Crippen MR) is 72.8 cm³/mol. The van der Waals surface area contributed by atoms with Crippen molar-refractivity contribution < 1.29 is 14.8 Å². The molecule has 0 bridgehead atoms. The summed E-state index contributed by atoms with van der Waals surface area (Å²) in [5.74, 6) is -1.46. The summed E-state index contributed by atoms with van der Waals surface area (Å²) in [6.45, 7) is 0. The highest BCUT2D eigenvalue weighted by Gasteiger charge is 2.10. The molecule has 19 heavy (non-hydrogen) atoms. The Morgan fingerprint density at radius 1 is 0.947 bits per heavy atom. The number of hydrogen-bond donors (Lipinski definition) is 2. The summed E-state index contributed by atoms with van der Waals surface area (Å²) in [5, 5.41) is 8.27. The van der Waals surface area contributed by atoms with Gasteiger partial charge in [0.25, 0.3) is 0 Å². The molecule has 0 aliphatic carbocycles. The molecule has 1 aromatic rings. The molecule has 4 heteroatoms. The van der Waals surface area contributed by atoms with E-state index in [1.165, 1.54) is 11.0 Å². The molecule has 1 amide bonds. The lowest BCUT2D eigenvalue weighted by atomic mass is 10.0. The van der Waals surface area contributed by atoms with Crippen LogP contribution in [0.4, 0.5) is 0 Å². The van der Waals surface area contributed by atoms with Crippen LogP contribution in [-0.2, 0) is 16.0 Å². The summed E-state index contributed by atoms with van der Waals surface area (Å²) in [5.41, 5.74) is 2.71. The summed E-state index contributed by atoms with van der Waals surface area (Å²) in [4.78, 5) is 21.8. The largest absolute Gasteiger partial charge is 0.310 e. The minimum absolute atomic E-state index is 0.213. The molecule has 0 saturated carbocycles. The number of unbranched alkanes of at least 4 members (excludes halogenated alkanes) is 4. The zero-order valence-electron chi connectivity index (χ0n) is 11.1. The molecule has 0 aromatic heterocycles. The first-order valence-corrected chi connectivity index (χ1v) is 6.75. The number of rotatable bonds is 9. The summed E-state index contributed by atoms with van der Waals surface area (Å²) < 4.78 is 0. The van der Waals surface area contributed by atoms with Gasteiger partial charge in [0.1, 0.15) is 0 Å². The minimum Gasteiger partial charge on any atom is -0.289 e. The molecule has 2 N–H and O–H groups in total. The lowest BCUT2D eigenvalue weighted by Gasteiger charge is -2.02. The van der Waals surface area contributed by atoms with Crippen LogP contribution in [0.15, 0.2) is 30.3 Å². The van der Waals surface area contributed by atoms with Crippen molar-refractivity contribution in [3.63, 3.8) is 0 Å². The van der Waals surface area contributed by atoms with E-state index in [1.807, 2.05) is 18.2 Å². The van der Waals surface area contributed by atoms with E-state index < -0.39 is 11.7 Å². The van der Waals surface area contributed by atoms with Crippen LogP contribution in [0.25, 0.3) is 0 Å². The number of nitrogens with one attached hydrogen (secondary N) is 1. The van der Waals surface area contributed by atoms with Crippen molar-refractivity contribution in [1.29, 1.82) is 0 Å². The monoisotopic (exact) mass is 263 g/mol. The fourth-order valence-electron chi connectivity index (χ4n) is 1.97. The Labute approximate surface area is 113 Å². The van der Waals surface area contributed by atoms with Crippen LogP contribution < -0.4 is 5.48 Å². The van der Waals surface area contributed by atoms with Gasteiger partial charge in [0.05, 0.1) is 0 Å². The van der Waals surface area contributed by atoms with E-state index in [-0.39, 0.29) is 6.42 Å². The van der Waals surface area contributed by atoms with Crippen molar-refractivity contribution >= 4 is 11.7 Å². The van der Waals surface area contributed by atoms with Gasteiger partial charge in [-0.05, 0) is 24.8 Å². The van der Waals surface area contributed by atoms with Gasteiger partial charge in [0.2, 0.25) is 5.78 Å². The van der Waals surface area contributed by atoms with Gasteiger partial charge >= 0.3 is 5.91 Å². The first kappa shape index (κ1) is 15.4. The second-order valence-corrected chi connectivity index (χ2v) is 4.62. The molecule has 0 unspecified atom stereocenters. The average molecular weight is 263 g/mol. The van der Waals surface area contributed by atoms with Gasteiger partial charge in [0, 0.05) is 6.42 Å². The normalized spacial score (nSPS) is 10.2. The average Bonchev–Trinajstić information content (AvgIpc) is 2.46. The Morgan fingerprint density at radius 2 is 1.58 bits per heavy atom. The van der Waals surface area contributed by atoms with Gasteiger partial charge in [-0.15, -0.1) is 0 Å². The highest BCUT2D eigenvalue weighted by molar-refractivity contribution is 6.35. The number of Topliss-reactive ketones (excluding diaryl/α,β-unsaturated/α-hetero) is 1. The quantitative estimate of drug-likeness (QED) is 0.311. The zero-order valence-corrected chi connectivity index (χ0v) is 11.1. The summed E-state index contributed by atoms with van der Waals surface area (Å²) in [6.07, 6.45) is 6.31. The number of hydroxylamine groups is 1. The molecular formula is C15H21NO3. The number of carbonyl (C=O) groups is 2. The fraction of sp³-hybridized carbons (Fsp3) is 0.467. The third-order valence-electron chi connectivity index (χ3n) is 3.07. The molecule has 0 aliphatic heterocycles. The Morgan fingerprint density at radius 3 is 2.26 bits per heavy atom. The van der Waals surface area contributed by atoms with Gasteiger partial charge in [0.15, 0.2) is 0 Å². The maximum absolute atomic E-state index is 11.1. The van der Waals surface area contributed by atoms with Crippen molar-refractivity contribution in [2.75, 3.05) is 0 Å². The summed E-state index contributed by atoms with van der Waals surface area (Å²) in [6, 6.07) is 10.4. The van der Waals surface area contributed by atoms with E-state index in [0.29, 0.717) is 6.42 Å². The van der Waals surface area contributed by atoms with Gasteiger partial charge in [-0.25, -0.2) is 5.48 Å². The minimum atomic E-state index is -0.913. The van der Waals surface area contributed by atoms with Crippen LogP contribution in [0.5, 0.6) is 0 Å². The van der Waals surface area contributed by atoms with Crippen LogP contribution in [0.3, 0.4) is 0 Å². The van der Waals surface area contributed by atoms with E-state index in [4.69, 9.17) is 5.21 Å². The third kappa shape index (κ3) is 6.72. The topological polar surface area (TPSA) is 66.4 Å². The summed E-state index contributed by atoms with van der Waals surface area (Å²) in [7, 11) is 0. The number of aryl methyl sites for hydroxylation is 1. The molecule has 0 aliphatic rings. The van der Waals surface area contributed by atoms with Crippen LogP contribution in [0.1, 0.15) is 44.1 Å². The molecule has 1 rings (SSSR count). The number of hydrogen-bond acceptors (Lipinski definition) is 3. The van der Waals surface area contributed by atoms with Crippen molar-refractivity contribution in [2.24, 2.45) is 0 Å². The van der Waals surface area contributed by atoms with Crippen molar-refractivity contribution in [2.45, 2.75) is 44.9 Å². The van der Waals surface area contributed by atoms with Gasteiger partial charge in [-0.1, -0.05) is 49.6 Å². The van der Waals surface area contributed by atoms with Crippen LogP contribution in [-0.4, -0.2) is 16.9 Å². The maximum Gasteiger partial charge on any atom is 0.310 e. The van der Waals surface area contributed by atoms with E-state index in [9.17, 15) is 9.59 Å². The smallest absolute Gasteiger partial charge is 0.289 e.